The van der Waals surface area contributed by atoms with Crippen molar-refractivity contribution in [3.8, 4) is 11.5 Å². The predicted octanol–water partition coefficient (Wildman–Crippen LogP) is 2.70. The first-order valence-electron chi connectivity index (χ1n) is 9.29. The van der Waals surface area contributed by atoms with Gasteiger partial charge in [0, 0.05) is 18.3 Å². The van der Waals surface area contributed by atoms with Crippen molar-refractivity contribution in [1.82, 2.24) is 15.6 Å². The van der Waals surface area contributed by atoms with Crippen LogP contribution in [0.25, 0.3) is 0 Å². The minimum Gasteiger partial charge on any atom is -0.493 e. The summed E-state index contributed by atoms with van der Waals surface area (Å²) in [6.45, 7) is 6.25. The molecule has 1 aliphatic rings. The number of aromatic nitrogens is 1. The number of nitrogens with zero attached hydrogens (tertiary/aromatic N) is 1. The van der Waals surface area contributed by atoms with Gasteiger partial charge in [0.05, 0.1) is 13.2 Å². The average Bonchev–Trinajstić information content (AvgIpc) is 2.65. The Morgan fingerprint density at radius 2 is 1.96 bits per heavy atom. The van der Waals surface area contributed by atoms with Crippen LogP contribution in [0.1, 0.15) is 31.0 Å². The highest BCUT2D eigenvalue weighted by molar-refractivity contribution is 5.79. The van der Waals surface area contributed by atoms with Crippen LogP contribution in [-0.2, 0) is 11.4 Å². The fourth-order valence-electron chi connectivity index (χ4n) is 3.02. The number of carbonyl (C=O) groups is 1. The second-order valence-corrected chi connectivity index (χ2v) is 6.99. The van der Waals surface area contributed by atoms with Crippen molar-refractivity contribution < 1.29 is 14.3 Å². The molecule has 1 saturated heterocycles. The summed E-state index contributed by atoms with van der Waals surface area (Å²) in [5.41, 5.74) is 2.02. The molecule has 6 nitrogen and oxygen atoms in total. The van der Waals surface area contributed by atoms with E-state index in [4.69, 9.17) is 9.47 Å². The Morgan fingerprint density at radius 3 is 2.59 bits per heavy atom. The highest BCUT2D eigenvalue weighted by Gasteiger charge is 2.29. The van der Waals surface area contributed by atoms with Gasteiger partial charge in [-0.05, 0) is 61.3 Å². The molecule has 6 heteroatoms. The molecule has 2 atom stereocenters. The van der Waals surface area contributed by atoms with Gasteiger partial charge in [-0.1, -0.05) is 13.0 Å². The molecule has 144 valence electrons. The zero-order valence-corrected chi connectivity index (χ0v) is 16.1. The summed E-state index contributed by atoms with van der Waals surface area (Å²) < 4.78 is 11.4. The lowest BCUT2D eigenvalue weighted by Gasteiger charge is -2.32. The maximum Gasteiger partial charge on any atom is 0.223 e. The highest BCUT2D eigenvalue weighted by Crippen LogP contribution is 2.31. The number of nitrogens with one attached hydrogen (secondary N) is 2. The Bertz CT molecular complexity index is 763. The number of hydrogen-bond donors (Lipinski definition) is 2. The molecule has 2 unspecified atom stereocenters. The zero-order valence-electron chi connectivity index (χ0n) is 16.1. The first-order chi connectivity index (χ1) is 13.1. The number of carbonyl (C=O) groups excluding carboxylic acids is 1. The van der Waals surface area contributed by atoms with E-state index >= 15 is 0 Å². The van der Waals surface area contributed by atoms with Gasteiger partial charge in [0.1, 0.15) is 6.61 Å². The van der Waals surface area contributed by atoms with Crippen molar-refractivity contribution in [2.45, 2.75) is 26.5 Å². The molecule has 1 aromatic carbocycles. The van der Waals surface area contributed by atoms with E-state index in [9.17, 15) is 4.79 Å². The second kappa shape index (κ2) is 8.86. The number of hydrogen-bond acceptors (Lipinski definition) is 5. The van der Waals surface area contributed by atoms with Gasteiger partial charge in [0.2, 0.25) is 5.91 Å². The van der Waals surface area contributed by atoms with Crippen LogP contribution in [0.15, 0.2) is 42.7 Å². The Kier molecular flexibility index (Phi) is 6.29. The van der Waals surface area contributed by atoms with Crippen LogP contribution in [0.4, 0.5) is 0 Å². The molecule has 0 spiro atoms. The molecule has 2 heterocycles. The Labute approximate surface area is 160 Å². The molecule has 3 rings (SSSR count). The lowest BCUT2D eigenvalue weighted by molar-refractivity contribution is -0.127. The van der Waals surface area contributed by atoms with E-state index in [1.54, 1.807) is 19.5 Å². The van der Waals surface area contributed by atoms with Gasteiger partial charge in [-0.15, -0.1) is 0 Å². The van der Waals surface area contributed by atoms with E-state index in [2.05, 4.69) is 15.6 Å². The van der Waals surface area contributed by atoms with E-state index in [1.807, 2.05) is 44.2 Å². The van der Waals surface area contributed by atoms with Gasteiger partial charge in [-0.2, -0.15) is 0 Å². The smallest absolute Gasteiger partial charge is 0.223 e. The van der Waals surface area contributed by atoms with Gasteiger partial charge in [0.25, 0.3) is 0 Å². The Balaban J connectivity index is 1.62. The van der Waals surface area contributed by atoms with E-state index in [1.165, 1.54) is 0 Å². The lowest BCUT2D eigenvalue weighted by Crippen LogP contribution is -2.49. The molecular formula is C21H27N3O3. The third-order valence-electron chi connectivity index (χ3n) is 5.12. The van der Waals surface area contributed by atoms with E-state index in [0.29, 0.717) is 24.0 Å². The van der Waals surface area contributed by atoms with Gasteiger partial charge < -0.3 is 20.1 Å². The highest BCUT2D eigenvalue weighted by atomic mass is 16.5. The van der Waals surface area contributed by atoms with Gasteiger partial charge in [0.15, 0.2) is 11.5 Å². The minimum absolute atomic E-state index is 0.0126. The number of rotatable bonds is 8. The zero-order chi connectivity index (χ0) is 19.2. The summed E-state index contributed by atoms with van der Waals surface area (Å²) in [6.07, 6.45) is 3.48. The van der Waals surface area contributed by atoms with Gasteiger partial charge in [-0.3, -0.25) is 9.78 Å². The second-order valence-electron chi connectivity index (χ2n) is 6.99. The fourth-order valence-corrected chi connectivity index (χ4v) is 3.02. The third-order valence-corrected chi connectivity index (χ3v) is 5.12. The Morgan fingerprint density at radius 1 is 1.22 bits per heavy atom. The first kappa shape index (κ1) is 19.2. The van der Waals surface area contributed by atoms with Crippen LogP contribution >= 0.6 is 0 Å². The van der Waals surface area contributed by atoms with Gasteiger partial charge in [-0.25, -0.2) is 0 Å². The van der Waals surface area contributed by atoms with Crippen LogP contribution in [0, 0.1) is 11.8 Å². The summed E-state index contributed by atoms with van der Waals surface area (Å²) in [5, 5.41) is 6.32. The molecule has 0 aliphatic carbocycles. The molecule has 2 aromatic rings. The van der Waals surface area contributed by atoms with E-state index < -0.39 is 0 Å². The number of amides is 1. The van der Waals surface area contributed by atoms with Crippen molar-refractivity contribution in [3.05, 3.63) is 53.9 Å². The summed E-state index contributed by atoms with van der Waals surface area (Å²) >= 11 is 0. The normalized spacial score (nSPS) is 16.1. The molecule has 0 saturated carbocycles. The SMILES string of the molecule is COc1cc(C(C)NC(=O)C(C)C2CNC2)ccc1OCc1ccncc1. The number of methoxy groups -OCH3 is 1. The largest absolute Gasteiger partial charge is 0.493 e. The molecule has 27 heavy (non-hydrogen) atoms. The molecule has 1 aliphatic heterocycles. The summed E-state index contributed by atoms with van der Waals surface area (Å²) in [6, 6.07) is 9.50. The number of pyridine rings is 1. The molecule has 2 N–H and O–H groups in total. The average molecular weight is 369 g/mol. The van der Waals surface area contributed by atoms with E-state index in [-0.39, 0.29) is 17.9 Å². The quantitative estimate of drug-likeness (QED) is 0.749. The van der Waals surface area contributed by atoms with Crippen LogP contribution in [0.3, 0.4) is 0 Å². The maximum atomic E-state index is 12.4. The van der Waals surface area contributed by atoms with Crippen LogP contribution in [0.2, 0.25) is 0 Å². The predicted molar refractivity (Wildman–Crippen MR) is 104 cm³/mol. The molecular weight excluding hydrogens is 342 g/mol. The van der Waals surface area contributed by atoms with Crippen LogP contribution in [-0.4, -0.2) is 31.1 Å². The number of benzene rings is 1. The van der Waals surface area contributed by atoms with Crippen molar-refractivity contribution in [2.24, 2.45) is 11.8 Å². The fraction of sp³-hybridized carbons (Fsp3) is 0.429. The molecule has 1 amide bonds. The summed E-state index contributed by atoms with van der Waals surface area (Å²) in [4.78, 5) is 16.4. The summed E-state index contributed by atoms with van der Waals surface area (Å²) in [7, 11) is 1.62. The maximum absolute atomic E-state index is 12.4. The Hall–Kier alpha value is -2.60. The summed E-state index contributed by atoms with van der Waals surface area (Å²) in [5.74, 6) is 1.85. The minimum atomic E-state index is -0.101. The standard InChI is InChI=1S/C21H27N3O3/c1-14(18-11-23-12-18)21(25)24-15(2)17-4-5-19(20(10-17)26-3)27-13-16-6-8-22-9-7-16/h4-10,14-15,18,23H,11-13H2,1-3H3,(H,24,25). The monoisotopic (exact) mass is 369 g/mol. The van der Waals surface area contributed by atoms with Crippen LogP contribution < -0.4 is 20.1 Å². The van der Waals surface area contributed by atoms with Crippen molar-refractivity contribution in [1.29, 1.82) is 0 Å². The number of ether oxygens (including phenoxy) is 2. The van der Waals surface area contributed by atoms with Crippen LogP contribution in [0.5, 0.6) is 11.5 Å². The molecule has 1 aromatic heterocycles. The topological polar surface area (TPSA) is 72.5 Å². The third kappa shape index (κ3) is 4.77. The molecule has 0 bridgehead atoms. The first-order valence-corrected chi connectivity index (χ1v) is 9.29. The molecule has 1 fully saturated rings. The van der Waals surface area contributed by atoms with Crippen molar-refractivity contribution >= 4 is 5.91 Å². The lowest BCUT2D eigenvalue weighted by atomic mass is 9.88. The van der Waals surface area contributed by atoms with Crippen molar-refractivity contribution in [2.75, 3.05) is 20.2 Å². The van der Waals surface area contributed by atoms with Gasteiger partial charge >= 0.3 is 0 Å². The van der Waals surface area contributed by atoms with E-state index in [0.717, 1.165) is 24.2 Å². The molecule has 0 radical (unpaired) electrons. The van der Waals surface area contributed by atoms with Crippen molar-refractivity contribution in [3.63, 3.8) is 0 Å².